The van der Waals surface area contributed by atoms with Crippen LogP contribution in [-0.4, -0.2) is 50.9 Å². The van der Waals surface area contributed by atoms with Crippen molar-refractivity contribution in [3.05, 3.63) is 83.4 Å². The maximum Gasteiger partial charge on any atom is 0.274 e. The van der Waals surface area contributed by atoms with Gasteiger partial charge in [-0.3, -0.25) is 14.4 Å². The molecule has 1 aromatic heterocycles. The van der Waals surface area contributed by atoms with Crippen molar-refractivity contribution in [2.75, 3.05) is 7.11 Å². The largest absolute Gasteiger partial charge is 0.497 e. The second kappa shape index (κ2) is 9.49. The van der Waals surface area contributed by atoms with Gasteiger partial charge < -0.3 is 24.8 Å². The Hall–Kier alpha value is -4.14. The molecule has 2 heterocycles. The van der Waals surface area contributed by atoms with Crippen molar-refractivity contribution in [3.8, 4) is 5.75 Å². The molecular formula is C27H29N5O4. The zero-order valence-corrected chi connectivity index (χ0v) is 20.4. The van der Waals surface area contributed by atoms with Gasteiger partial charge in [0.2, 0.25) is 5.91 Å². The average Bonchev–Trinajstić information content (AvgIpc) is 3.64. The summed E-state index contributed by atoms with van der Waals surface area (Å²) in [6.45, 7) is 2.66. The number of imidazole rings is 1. The third-order valence-corrected chi connectivity index (χ3v) is 6.79. The van der Waals surface area contributed by atoms with Crippen LogP contribution in [0, 0.1) is 0 Å². The molecule has 0 saturated heterocycles. The number of methoxy groups -OCH3 is 1. The molecule has 1 fully saturated rings. The molecule has 9 heteroatoms. The van der Waals surface area contributed by atoms with Crippen molar-refractivity contribution < 1.29 is 19.1 Å². The fraction of sp³-hybridized carbons (Fsp3) is 0.333. The summed E-state index contributed by atoms with van der Waals surface area (Å²) in [4.78, 5) is 46.1. The van der Waals surface area contributed by atoms with Gasteiger partial charge in [0.25, 0.3) is 11.8 Å². The maximum absolute atomic E-state index is 13.7. The van der Waals surface area contributed by atoms with Gasteiger partial charge in [0.05, 0.1) is 20.0 Å². The van der Waals surface area contributed by atoms with E-state index in [0.29, 0.717) is 13.1 Å². The smallest absolute Gasteiger partial charge is 0.274 e. The topological polar surface area (TPSA) is 106 Å². The Morgan fingerprint density at radius 2 is 1.69 bits per heavy atom. The van der Waals surface area contributed by atoms with Crippen LogP contribution in [0.2, 0.25) is 0 Å². The zero-order chi connectivity index (χ0) is 25.3. The Balaban J connectivity index is 1.34. The molecule has 2 aliphatic rings. The van der Waals surface area contributed by atoms with Crippen LogP contribution in [0.3, 0.4) is 0 Å². The first-order chi connectivity index (χ1) is 17.4. The molecule has 5 rings (SSSR count). The number of nitrogens with one attached hydrogen (secondary N) is 2. The molecule has 0 bridgehead atoms. The molecule has 36 heavy (non-hydrogen) atoms. The number of carbonyl (C=O) groups is 3. The van der Waals surface area contributed by atoms with Gasteiger partial charge in [-0.25, -0.2) is 4.98 Å². The van der Waals surface area contributed by atoms with Gasteiger partial charge in [0.1, 0.15) is 17.0 Å². The Bertz CT molecular complexity index is 1280. The number of hydrogen-bond donors (Lipinski definition) is 2. The molecule has 0 radical (unpaired) electrons. The molecule has 3 amide bonds. The predicted octanol–water partition coefficient (Wildman–Crippen LogP) is 2.51. The highest BCUT2D eigenvalue weighted by Gasteiger charge is 2.53. The number of nitrogens with zero attached hydrogens (tertiary/aromatic N) is 3. The number of rotatable bonds is 8. The van der Waals surface area contributed by atoms with Gasteiger partial charge in [-0.15, -0.1) is 0 Å². The van der Waals surface area contributed by atoms with E-state index in [4.69, 9.17) is 4.74 Å². The summed E-state index contributed by atoms with van der Waals surface area (Å²) in [6, 6.07) is 17.0. The molecule has 0 spiro atoms. The van der Waals surface area contributed by atoms with Crippen LogP contribution in [0.15, 0.2) is 60.9 Å². The lowest BCUT2D eigenvalue weighted by atomic mass is 9.93. The van der Waals surface area contributed by atoms with Gasteiger partial charge in [0, 0.05) is 19.1 Å². The molecule has 9 nitrogen and oxygen atoms in total. The number of benzene rings is 2. The molecule has 2 aromatic carbocycles. The summed E-state index contributed by atoms with van der Waals surface area (Å²) in [5.41, 5.74) is 1.09. The lowest BCUT2D eigenvalue weighted by molar-refractivity contribution is -0.133. The highest BCUT2D eigenvalue weighted by atomic mass is 16.5. The molecule has 1 aliphatic heterocycles. The number of ether oxygens (including phenoxy) is 1. The second-order valence-corrected chi connectivity index (χ2v) is 9.45. The molecule has 2 N–H and O–H groups in total. The Labute approximate surface area is 209 Å². The zero-order valence-electron chi connectivity index (χ0n) is 20.4. The first-order valence-corrected chi connectivity index (χ1v) is 12.0. The fourth-order valence-corrected chi connectivity index (χ4v) is 4.70. The summed E-state index contributed by atoms with van der Waals surface area (Å²) < 4.78 is 6.82. The van der Waals surface area contributed by atoms with E-state index in [0.717, 1.165) is 29.7 Å². The van der Waals surface area contributed by atoms with E-state index in [1.54, 1.807) is 23.5 Å². The van der Waals surface area contributed by atoms with Crippen molar-refractivity contribution in [1.82, 2.24) is 25.1 Å². The van der Waals surface area contributed by atoms with Crippen LogP contribution in [-0.2, 0) is 24.4 Å². The van der Waals surface area contributed by atoms with Gasteiger partial charge in [-0.1, -0.05) is 42.5 Å². The minimum atomic E-state index is -1.10. The number of hydrogen-bond acceptors (Lipinski definition) is 5. The van der Waals surface area contributed by atoms with E-state index in [1.165, 1.54) is 6.33 Å². The van der Waals surface area contributed by atoms with Crippen LogP contribution < -0.4 is 15.4 Å². The molecule has 1 saturated carbocycles. The monoisotopic (exact) mass is 487 g/mol. The number of carbonyl (C=O) groups excluding carboxylic acids is 3. The normalized spacial score (nSPS) is 18.9. The van der Waals surface area contributed by atoms with Crippen LogP contribution in [0.1, 0.15) is 51.9 Å². The lowest BCUT2D eigenvalue weighted by Gasteiger charge is -2.44. The van der Waals surface area contributed by atoms with Crippen LogP contribution in [0.5, 0.6) is 5.75 Å². The third-order valence-electron chi connectivity index (χ3n) is 6.79. The first-order valence-electron chi connectivity index (χ1n) is 12.0. The molecule has 0 unspecified atom stereocenters. The molecule has 1 aliphatic carbocycles. The van der Waals surface area contributed by atoms with Gasteiger partial charge in [-0.2, -0.15) is 0 Å². The standard InChI is InChI=1S/C27H29N5O4/c1-27(26(35)29-15-19-8-12-21(36-2)13-9-19)16-31-17-30-22(23(31)25(34)32(27)20-10-11-20)24(33)28-14-18-6-4-3-5-7-18/h3-9,12-13,17,20H,10-11,14-16H2,1-2H3,(H,28,33)(H,29,35)/t27-/m1/s1. The predicted molar refractivity (Wildman–Crippen MR) is 132 cm³/mol. The minimum Gasteiger partial charge on any atom is -0.497 e. The summed E-state index contributed by atoms with van der Waals surface area (Å²) in [7, 11) is 1.60. The Kier molecular flexibility index (Phi) is 6.22. The number of fused-ring (bicyclic) bond motifs is 1. The summed E-state index contributed by atoms with van der Waals surface area (Å²) in [5.74, 6) is -0.253. The third kappa shape index (κ3) is 4.44. The summed E-state index contributed by atoms with van der Waals surface area (Å²) in [6.07, 6.45) is 3.14. The minimum absolute atomic E-state index is 0.0295. The first kappa shape index (κ1) is 23.6. The molecular weight excluding hydrogens is 458 g/mol. The molecule has 3 aromatic rings. The SMILES string of the molecule is COc1ccc(CNC(=O)[C@@]2(C)Cn3cnc(C(=O)NCc4ccccc4)c3C(=O)N2C2CC2)cc1. The van der Waals surface area contributed by atoms with Crippen molar-refractivity contribution in [3.63, 3.8) is 0 Å². The highest BCUT2D eigenvalue weighted by Crippen LogP contribution is 2.38. The van der Waals surface area contributed by atoms with Crippen LogP contribution >= 0.6 is 0 Å². The van der Waals surface area contributed by atoms with Crippen molar-refractivity contribution >= 4 is 17.7 Å². The summed E-state index contributed by atoms with van der Waals surface area (Å²) >= 11 is 0. The maximum atomic E-state index is 13.7. The van der Waals surface area contributed by atoms with E-state index in [1.807, 2.05) is 54.6 Å². The van der Waals surface area contributed by atoms with Gasteiger partial charge in [-0.05, 0) is 43.0 Å². The van der Waals surface area contributed by atoms with E-state index < -0.39 is 11.4 Å². The van der Waals surface area contributed by atoms with Crippen LogP contribution in [0.25, 0.3) is 0 Å². The summed E-state index contributed by atoms with van der Waals surface area (Å²) in [5, 5.41) is 5.84. The van der Waals surface area contributed by atoms with E-state index in [2.05, 4.69) is 15.6 Å². The van der Waals surface area contributed by atoms with Gasteiger partial charge in [0.15, 0.2) is 5.69 Å². The van der Waals surface area contributed by atoms with Crippen molar-refractivity contribution in [2.24, 2.45) is 0 Å². The Morgan fingerprint density at radius 3 is 2.36 bits per heavy atom. The van der Waals surface area contributed by atoms with Crippen molar-refractivity contribution in [1.29, 1.82) is 0 Å². The van der Waals surface area contributed by atoms with E-state index >= 15 is 0 Å². The van der Waals surface area contributed by atoms with E-state index in [-0.39, 0.29) is 35.8 Å². The number of aromatic nitrogens is 2. The van der Waals surface area contributed by atoms with Gasteiger partial charge >= 0.3 is 0 Å². The fourth-order valence-electron chi connectivity index (χ4n) is 4.70. The second-order valence-electron chi connectivity index (χ2n) is 9.45. The van der Waals surface area contributed by atoms with Crippen LogP contribution in [0.4, 0.5) is 0 Å². The highest BCUT2D eigenvalue weighted by molar-refractivity contribution is 6.07. The van der Waals surface area contributed by atoms with E-state index in [9.17, 15) is 14.4 Å². The molecule has 186 valence electrons. The molecule has 1 atom stereocenters. The quantitative estimate of drug-likeness (QED) is 0.508. The van der Waals surface area contributed by atoms with Crippen molar-refractivity contribution in [2.45, 2.75) is 51.0 Å². The Morgan fingerprint density at radius 1 is 1.03 bits per heavy atom. The lowest BCUT2D eigenvalue weighted by Crippen LogP contribution is -2.64. The average molecular weight is 488 g/mol. The number of amides is 3.